The fourth-order valence-corrected chi connectivity index (χ4v) is 1.60. The molecule has 104 valence electrons. The Kier molecular flexibility index (Phi) is 6.75. The fourth-order valence-electron chi connectivity index (χ4n) is 1.60. The Morgan fingerprint density at radius 1 is 1.39 bits per heavy atom. The highest BCUT2D eigenvalue weighted by molar-refractivity contribution is 5.28. The SMILES string of the molecule is COCCn1cc(C)nc1NCCOCC(C)C. The third kappa shape index (κ3) is 5.51. The summed E-state index contributed by atoms with van der Waals surface area (Å²) in [5.41, 5.74) is 1.01. The minimum absolute atomic E-state index is 0.580. The van der Waals surface area contributed by atoms with Crippen molar-refractivity contribution < 1.29 is 9.47 Å². The quantitative estimate of drug-likeness (QED) is 0.685. The molecule has 0 saturated carbocycles. The van der Waals surface area contributed by atoms with Crippen LogP contribution in [-0.2, 0) is 16.0 Å². The maximum absolute atomic E-state index is 5.52. The van der Waals surface area contributed by atoms with Gasteiger partial charge in [-0.15, -0.1) is 0 Å². The first-order chi connectivity index (χ1) is 8.63. The van der Waals surface area contributed by atoms with E-state index in [2.05, 4.69) is 28.7 Å². The summed E-state index contributed by atoms with van der Waals surface area (Å²) in [5.74, 6) is 1.47. The van der Waals surface area contributed by atoms with Gasteiger partial charge < -0.3 is 19.4 Å². The van der Waals surface area contributed by atoms with Crippen LogP contribution in [0.4, 0.5) is 5.95 Å². The number of rotatable bonds is 9. The van der Waals surface area contributed by atoms with E-state index in [9.17, 15) is 0 Å². The Morgan fingerprint density at radius 3 is 2.83 bits per heavy atom. The van der Waals surface area contributed by atoms with E-state index in [1.54, 1.807) is 7.11 Å². The Balaban J connectivity index is 2.32. The number of nitrogens with one attached hydrogen (secondary N) is 1. The van der Waals surface area contributed by atoms with Crippen LogP contribution in [-0.4, -0.2) is 43.0 Å². The monoisotopic (exact) mass is 255 g/mol. The fraction of sp³-hybridized carbons (Fsp3) is 0.769. The number of ether oxygens (including phenoxy) is 2. The van der Waals surface area contributed by atoms with Gasteiger partial charge in [-0.2, -0.15) is 0 Å². The molecule has 5 heteroatoms. The Morgan fingerprint density at radius 2 is 2.17 bits per heavy atom. The van der Waals surface area contributed by atoms with Crippen LogP contribution < -0.4 is 5.32 Å². The lowest BCUT2D eigenvalue weighted by atomic mass is 10.2. The molecule has 0 atom stereocenters. The highest BCUT2D eigenvalue weighted by Gasteiger charge is 2.04. The first-order valence-electron chi connectivity index (χ1n) is 6.47. The van der Waals surface area contributed by atoms with Crippen molar-refractivity contribution in [2.75, 3.05) is 38.8 Å². The highest BCUT2D eigenvalue weighted by atomic mass is 16.5. The summed E-state index contributed by atoms with van der Waals surface area (Å²) in [6.07, 6.45) is 2.02. The molecule has 0 amide bonds. The predicted molar refractivity (Wildman–Crippen MR) is 73.0 cm³/mol. The van der Waals surface area contributed by atoms with Crippen LogP contribution in [0.1, 0.15) is 19.5 Å². The molecule has 0 aliphatic carbocycles. The number of aryl methyl sites for hydroxylation is 1. The molecular formula is C13H25N3O2. The second-order valence-electron chi connectivity index (χ2n) is 4.79. The second kappa shape index (κ2) is 8.11. The van der Waals surface area contributed by atoms with Gasteiger partial charge in [0.1, 0.15) is 0 Å². The lowest BCUT2D eigenvalue weighted by molar-refractivity contribution is 0.118. The summed E-state index contributed by atoms with van der Waals surface area (Å²) in [4.78, 5) is 4.44. The van der Waals surface area contributed by atoms with Crippen LogP contribution in [0.3, 0.4) is 0 Å². The van der Waals surface area contributed by atoms with Crippen molar-refractivity contribution in [3.05, 3.63) is 11.9 Å². The summed E-state index contributed by atoms with van der Waals surface area (Å²) < 4.78 is 12.7. The molecule has 0 spiro atoms. The third-order valence-electron chi connectivity index (χ3n) is 2.41. The highest BCUT2D eigenvalue weighted by Crippen LogP contribution is 2.07. The molecule has 1 heterocycles. The van der Waals surface area contributed by atoms with Gasteiger partial charge in [-0.05, 0) is 12.8 Å². The van der Waals surface area contributed by atoms with Crippen molar-refractivity contribution in [2.24, 2.45) is 5.92 Å². The topological polar surface area (TPSA) is 48.3 Å². The van der Waals surface area contributed by atoms with Crippen molar-refractivity contribution in [3.63, 3.8) is 0 Å². The molecule has 0 aliphatic heterocycles. The van der Waals surface area contributed by atoms with Crippen molar-refractivity contribution in [1.29, 1.82) is 0 Å². The van der Waals surface area contributed by atoms with Gasteiger partial charge in [-0.3, -0.25) is 0 Å². The van der Waals surface area contributed by atoms with Crippen LogP contribution in [0.2, 0.25) is 0 Å². The zero-order chi connectivity index (χ0) is 13.4. The van der Waals surface area contributed by atoms with E-state index in [1.807, 2.05) is 13.1 Å². The number of hydrogen-bond acceptors (Lipinski definition) is 4. The van der Waals surface area contributed by atoms with Gasteiger partial charge in [0.25, 0.3) is 0 Å². The summed E-state index contributed by atoms with van der Waals surface area (Å²) >= 11 is 0. The minimum atomic E-state index is 0.580. The molecular weight excluding hydrogens is 230 g/mol. The smallest absolute Gasteiger partial charge is 0.203 e. The normalized spacial score (nSPS) is 11.2. The van der Waals surface area contributed by atoms with E-state index in [0.29, 0.717) is 19.1 Å². The number of nitrogens with zero attached hydrogens (tertiary/aromatic N) is 2. The Bertz CT molecular complexity index is 337. The predicted octanol–water partition coefficient (Wildman–Crippen LogP) is 1.92. The molecule has 0 radical (unpaired) electrons. The van der Waals surface area contributed by atoms with Gasteiger partial charge in [0.15, 0.2) is 0 Å². The number of methoxy groups -OCH3 is 1. The number of hydrogen-bond donors (Lipinski definition) is 1. The van der Waals surface area contributed by atoms with Crippen molar-refractivity contribution >= 4 is 5.95 Å². The average Bonchev–Trinajstić information content (AvgIpc) is 2.66. The zero-order valence-corrected chi connectivity index (χ0v) is 11.9. The molecule has 0 aromatic carbocycles. The van der Waals surface area contributed by atoms with Crippen molar-refractivity contribution in [2.45, 2.75) is 27.3 Å². The maximum atomic E-state index is 5.52. The van der Waals surface area contributed by atoms with Gasteiger partial charge in [-0.1, -0.05) is 13.8 Å². The van der Waals surface area contributed by atoms with E-state index in [4.69, 9.17) is 9.47 Å². The first kappa shape index (κ1) is 15.0. The molecule has 5 nitrogen and oxygen atoms in total. The molecule has 0 unspecified atom stereocenters. The Labute approximate surface area is 109 Å². The first-order valence-corrected chi connectivity index (χ1v) is 6.47. The molecule has 1 aromatic heterocycles. The van der Waals surface area contributed by atoms with E-state index in [1.165, 1.54) is 0 Å². The van der Waals surface area contributed by atoms with Crippen molar-refractivity contribution in [1.82, 2.24) is 9.55 Å². The molecule has 0 bridgehead atoms. The lowest BCUT2D eigenvalue weighted by Gasteiger charge is -2.10. The summed E-state index contributed by atoms with van der Waals surface area (Å²) in [6, 6.07) is 0. The van der Waals surface area contributed by atoms with E-state index in [0.717, 1.165) is 31.3 Å². The van der Waals surface area contributed by atoms with E-state index >= 15 is 0 Å². The summed E-state index contributed by atoms with van der Waals surface area (Å²) in [5, 5.41) is 3.29. The third-order valence-corrected chi connectivity index (χ3v) is 2.41. The largest absolute Gasteiger partial charge is 0.383 e. The summed E-state index contributed by atoms with van der Waals surface area (Å²) in [7, 11) is 1.71. The molecule has 0 aliphatic rings. The second-order valence-corrected chi connectivity index (χ2v) is 4.79. The van der Waals surface area contributed by atoms with E-state index in [-0.39, 0.29) is 0 Å². The van der Waals surface area contributed by atoms with Gasteiger partial charge in [-0.25, -0.2) is 4.98 Å². The van der Waals surface area contributed by atoms with Crippen LogP contribution >= 0.6 is 0 Å². The van der Waals surface area contributed by atoms with Gasteiger partial charge >= 0.3 is 0 Å². The minimum Gasteiger partial charge on any atom is -0.383 e. The number of anilines is 1. The molecule has 1 rings (SSSR count). The maximum Gasteiger partial charge on any atom is 0.203 e. The van der Waals surface area contributed by atoms with Crippen LogP contribution in [0.15, 0.2) is 6.20 Å². The lowest BCUT2D eigenvalue weighted by Crippen LogP contribution is -2.15. The van der Waals surface area contributed by atoms with Gasteiger partial charge in [0, 0.05) is 33.0 Å². The number of aromatic nitrogens is 2. The zero-order valence-electron chi connectivity index (χ0n) is 11.9. The number of imidazole rings is 1. The Hall–Kier alpha value is -1.07. The molecule has 0 fully saturated rings. The standard InChI is InChI=1S/C13H25N3O2/c1-11(2)10-18-7-5-14-13-15-12(3)9-16(13)6-8-17-4/h9,11H,5-8,10H2,1-4H3,(H,14,15). The molecule has 1 aromatic rings. The molecule has 1 N–H and O–H groups in total. The van der Waals surface area contributed by atoms with Gasteiger partial charge in [0.2, 0.25) is 5.95 Å². The molecule has 18 heavy (non-hydrogen) atoms. The average molecular weight is 255 g/mol. The molecule has 0 saturated heterocycles. The van der Waals surface area contributed by atoms with Crippen LogP contribution in [0.5, 0.6) is 0 Å². The summed E-state index contributed by atoms with van der Waals surface area (Å²) in [6.45, 7) is 10.1. The van der Waals surface area contributed by atoms with E-state index < -0.39 is 0 Å². The van der Waals surface area contributed by atoms with Gasteiger partial charge in [0.05, 0.1) is 18.9 Å². The van der Waals surface area contributed by atoms with Crippen molar-refractivity contribution in [3.8, 4) is 0 Å². The van der Waals surface area contributed by atoms with Crippen LogP contribution in [0, 0.1) is 12.8 Å². The van der Waals surface area contributed by atoms with Crippen LogP contribution in [0.25, 0.3) is 0 Å².